The number of aromatic hydroxyl groups is 1. The first-order chi connectivity index (χ1) is 9.20. The number of hydrogen-bond acceptors (Lipinski definition) is 5. The maximum atomic E-state index is 11.1. The van der Waals surface area contributed by atoms with Crippen LogP contribution in [0.5, 0.6) is 5.75 Å². The second-order valence-corrected chi connectivity index (χ2v) is 4.03. The number of carbonyl (C=O) groups excluding carboxylic acids is 1. The Morgan fingerprint density at radius 2 is 2.21 bits per heavy atom. The van der Waals surface area contributed by atoms with E-state index in [0.29, 0.717) is 28.9 Å². The molecule has 2 aromatic heterocycles. The summed E-state index contributed by atoms with van der Waals surface area (Å²) in [7, 11) is 0. The van der Waals surface area contributed by atoms with Crippen molar-refractivity contribution in [1.29, 1.82) is 0 Å². The van der Waals surface area contributed by atoms with Crippen molar-refractivity contribution in [3.8, 4) is 17.0 Å². The van der Waals surface area contributed by atoms with Crippen LogP contribution in [0.3, 0.4) is 0 Å². The second kappa shape index (κ2) is 4.09. The summed E-state index contributed by atoms with van der Waals surface area (Å²) in [6.07, 6.45) is 3.82. The zero-order valence-corrected chi connectivity index (χ0v) is 9.82. The highest BCUT2D eigenvalue weighted by Gasteiger charge is 2.13. The van der Waals surface area contributed by atoms with E-state index in [-0.39, 0.29) is 11.3 Å². The maximum absolute atomic E-state index is 11.1. The summed E-state index contributed by atoms with van der Waals surface area (Å²) in [6, 6.07) is 6.56. The average molecular weight is 254 g/mol. The molecule has 3 rings (SSSR count). The molecular weight excluding hydrogens is 244 g/mol. The molecule has 3 N–H and O–H groups in total. The third-order valence-corrected chi connectivity index (χ3v) is 2.90. The molecule has 0 aliphatic carbocycles. The largest absolute Gasteiger partial charge is 0.507 e. The number of phenols is 1. The van der Waals surface area contributed by atoms with Crippen molar-refractivity contribution in [3.05, 3.63) is 42.2 Å². The van der Waals surface area contributed by atoms with E-state index in [2.05, 4.69) is 10.1 Å². The lowest BCUT2D eigenvalue weighted by Gasteiger charge is -2.02. The SMILES string of the molecule is Nc1nccn2nc(-c3cccc(O)c3C=O)cc12. The molecule has 0 radical (unpaired) electrons. The molecule has 94 valence electrons. The van der Waals surface area contributed by atoms with Gasteiger partial charge in [-0.2, -0.15) is 5.10 Å². The van der Waals surface area contributed by atoms with Gasteiger partial charge in [0.15, 0.2) is 6.29 Å². The van der Waals surface area contributed by atoms with Gasteiger partial charge in [-0.3, -0.25) is 4.79 Å². The standard InChI is InChI=1S/C13H10N4O2/c14-13-11-6-10(16-17(11)5-4-15-13)8-2-1-3-12(19)9(8)7-18/h1-7,19H,(H2,14,15). The van der Waals surface area contributed by atoms with Gasteiger partial charge in [0, 0.05) is 18.0 Å². The Morgan fingerprint density at radius 1 is 1.37 bits per heavy atom. The topological polar surface area (TPSA) is 93.5 Å². The first-order valence-electron chi connectivity index (χ1n) is 5.58. The van der Waals surface area contributed by atoms with Gasteiger partial charge in [-0.15, -0.1) is 0 Å². The van der Waals surface area contributed by atoms with Crippen LogP contribution in [-0.2, 0) is 0 Å². The Hall–Kier alpha value is -2.89. The summed E-state index contributed by atoms with van der Waals surface area (Å²) in [5.41, 5.74) is 7.72. The van der Waals surface area contributed by atoms with Crippen LogP contribution in [0.1, 0.15) is 10.4 Å². The highest BCUT2D eigenvalue weighted by Crippen LogP contribution is 2.29. The number of nitrogens with two attached hydrogens (primary N) is 1. The number of fused-ring (bicyclic) bond motifs is 1. The summed E-state index contributed by atoms with van der Waals surface area (Å²) in [6.45, 7) is 0. The number of carbonyl (C=O) groups is 1. The molecule has 19 heavy (non-hydrogen) atoms. The highest BCUT2D eigenvalue weighted by atomic mass is 16.3. The van der Waals surface area contributed by atoms with E-state index in [1.54, 1.807) is 35.1 Å². The molecule has 0 aliphatic heterocycles. The first kappa shape index (κ1) is 11.2. The van der Waals surface area contributed by atoms with Crippen molar-refractivity contribution in [2.75, 3.05) is 5.73 Å². The van der Waals surface area contributed by atoms with Crippen molar-refractivity contribution in [1.82, 2.24) is 14.6 Å². The third kappa shape index (κ3) is 1.70. The number of hydrogen-bond donors (Lipinski definition) is 2. The fraction of sp³-hybridized carbons (Fsp3) is 0. The lowest BCUT2D eigenvalue weighted by atomic mass is 10.0. The van der Waals surface area contributed by atoms with E-state index in [1.165, 1.54) is 6.07 Å². The minimum atomic E-state index is -0.0735. The second-order valence-electron chi connectivity index (χ2n) is 4.03. The van der Waals surface area contributed by atoms with Crippen LogP contribution in [0, 0.1) is 0 Å². The van der Waals surface area contributed by atoms with Crippen LogP contribution < -0.4 is 5.73 Å². The monoisotopic (exact) mass is 254 g/mol. The molecule has 6 heteroatoms. The Kier molecular flexibility index (Phi) is 2.42. The van der Waals surface area contributed by atoms with E-state index in [4.69, 9.17) is 5.73 Å². The Labute approximate surface area is 108 Å². The normalized spacial score (nSPS) is 10.7. The number of nitrogens with zero attached hydrogens (tertiary/aromatic N) is 3. The number of anilines is 1. The van der Waals surface area contributed by atoms with Crippen LogP contribution in [0.4, 0.5) is 5.82 Å². The van der Waals surface area contributed by atoms with Crippen molar-refractivity contribution in [2.24, 2.45) is 0 Å². The van der Waals surface area contributed by atoms with Crippen molar-refractivity contribution >= 4 is 17.6 Å². The smallest absolute Gasteiger partial charge is 0.154 e. The summed E-state index contributed by atoms with van der Waals surface area (Å²) in [5, 5.41) is 14.0. The number of aromatic nitrogens is 3. The molecule has 2 heterocycles. The minimum Gasteiger partial charge on any atom is -0.507 e. The van der Waals surface area contributed by atoms with Gasteiger partial charge in [-0.05, 0) is 12.1 Å². The van der Waals surface area contributed by atoms with Gasteiger partial charge in [0.05, 0.1) is 11.3 Å². The van der Waals surface area contributed by atoms with E-state index < -0.39 is 0 Å². The fourth-order valence-electron chi connectivity index (χ4n) is 1.97. The van der Waals surface area contributed by atoms with Gasteiger partial charge < -0.3 is 10.8 Å². The van der Waals surface area contributed by atoms with Gasteiger partial charge in [-0.25, -0.2) is 9.50 Å². The number of rotatable bonds is 2. The van der Waals surface area contributed by atoms with Crippen molar-refractivity contribution < 1.29 is 9.90 Å². The minimum absolute atomic E-state index is 0.0735. The van der Waals surface area contributed by atoms with Gasteiger partial charge in [-0.1, -0.05) is 12.1 Å². The third-order valence-electron chi connectivity index (χ3n) is 2.90. The Balaban J connectivity index is 2.28. The van der Waals surface area contributed by atoms with Crippen molar-refractivity contribution in [2.45, 2.75) is 0 Å². The van der Waals surface area contributed by atoms with Crippen LogP contribution >= 0.6 is 0 Å². The number of nitrogen functional groups attached to an aromatic ring is 1. The molecule has 0 saturated carbocycles. The molecule has 0 aliphatic rings. The summed E-state index contributed by atoms with van der Waals surface area (Å²) >= 11 is 0. The van der Waals surface area contributed by atoms with Gasteiger partial charge >= 0.3 is 0 Å². The van der Waals surface area contributed by atoms with Crippen molar-refractivity contribution in [3.63, 3.8) is 0 Å². The predicted molar refractivity (Wildman–Crippen MR) is 69.9 cm³/mol. The molecule has 1 aromatic carbocycles. The molecule has 0 atom stereocenters. The zero-order chi connectivity index (χ0) is 13.4. The first-order valence-corrected chi connectivity index (χ1v) is 5.58. The molecule has 0 bridgehead atoms. The van der Waals surface area contributed by atoms with Gasteiger partial charge in [0.1, 0.15) is 17.1 Å². The molecule has 3 aromatic rings. The van der Waals surface area contributed by atoms with E-state index in [0.717, 1.165) is 0 Å². The van der Waals surface area contributed by atoms with Crippen LogP contribution in [-0.4, -0.2) is 26.0 Å². The van der Waals surface area contributed by atoms with Crippen LogP contribution in [0.25, 0.3) is 16.8 Å². The lowest BCUT2D eigenvalue weighted by Crippen LogP contribution is -1.95. The fourth-order valence-corrected chi connectivity index (χ4v) is 1.97. The summed E-state index contributed by atoms with van der Waals surface area (Å²) in [4.78, 5) is 15.0. The van der Waals surface area contributed by atoms with Crippen LogP contribution in [0.15, 0.2) is 36.7 Å². The van der Waals surface area contributed by atoms with Gasteiger partial charge in [0.25, 0.3) is 0 Å². The molecular formula is C13H10N4O2. The predicted octanol–water partition coefficient (Wildman–Crippen LogP) is 1.50. The Bertz CT molecular complexity index is 779. The van der Waals surface area contributed by atoms with Gasteiger partial charge in [0.2, 0.25) is 0 Å². The van der Waals surface area contributed by atoms with E-state index in [9.17, 15) is 9.90 Å². The highest BCUT2D eigenvalue weighted by molar-refractivity contribution is 5.91. The lowest BCUT2D eigenvalue weighted by molar-refractivity contribution is 0.112. The zero-order valence-electron chi connectivity index (χ0n) is 9.82. The molecule has 0 amide bonds. The number of phenolic OH excluding ortho intramolecular Hbond substituents is 1. The quantitative estimate of drug-likeness (QED) is 0.676. The molecule has 0 unspecified atom stereocenters. The van der Waals surface area contributed by atoms with Crippen LogP contribution in [0.2, 0.25) is 0 Å². The number of benzene rings is 1. The molecule has 0 saturated heterocycles. The van der Waals surface area contributed by atoms with E-state index >= 15 is 0 Å². The summed E-state index contributed by atoms with van der Waals surface area (Å²) < 4.78 is 1.58. The summed E-state index contributed by atoms with van der Waals surface area (Å²) in [5.74, 6) is 0.282. The molecule has 0 fully saturated rings. The van der Waals surface area contributed by atoms with E-state index in [1.807, 2.05) is 0 Å². The molecule has 0 spiro atoms. The average Bonchev–Trinajstić information content (AvgIpc) is 2.84. The number of aldehydes is 1. The molecule has 6 nitrogen and oxygen atoms in total. The maximum Gasteiger partial charge on any atom is 0.154 e. The Morgan fingerprint density at radius 3 is 2.95 bits per heavy atom.